The first-order chi connectivity index (χ1) is 10.1. The third kappa shape index (κ3) is 3.02. The molecule has 7 nitrogen and oxygen atoms in total. The minimum Gasteiger partial charge on any atom is -0.351 e. The van der Waals surface area contributed by atoms with E-state index in [0.29, 0.717) is 39.4 Å². The van der Waals surface area contributed by atoms with Gasteiger partial charge in [-0.3, -0.25) is 4.79 Å². The van der Waals surface area contributed by atoms with E-state index >= 15 is 0 Å². The van der Waals surface area contributed by atoms with Crippen LogP contribution in [0.2, 0.25) is 9.36 Å². The van der Waals surface area contributed by atoms with Crippen LogP contribution in [0.15, 0.2) is 6.07 Å². The van der Waals surface area contributed by atoms with Crippen molar-refractivity contribution in [2.24, 2.45) is 0 Å². The Morgan fingerprint density at radius 1 is 1.43 bits per heavy atom. The Balaban J connectivity index is 1.56. The molecule has 0 radical (unpaired) electrons. The van der Waals surface area contributed by atoms with Gasteiger partial charge in [0, 0.05) is 13.0 Å². The van der Waals surface area contributed by atoms with E-state index in [1.807, 2.05) is 0 Å². The third-order valence-corrected chi connectivity index (χ3v) is 4.80. The summed E-state index contributed by atoms with van der Waals surface area (Å²) < 4.78 is 1.38. The summed E-state index contributed by atoms with van der Waals surface area (Å²) in [6, 6.07) is 1.74. The fourth-order valence-electron chi connectivity index (χ4n) is 1.87. The predicted octanol–water partition coefficient (Wildman–Crippen LogP) is 2.41. The number of carbonyl (C=O) groups excluding carboxylic acids is 1. The van der Waals surface area contributed by atoms with Crippen LogP contribution in [-0.2, 0) is 6.42 Å². The fourth-order valence-corrected chi connectivity index (χ4v) is 3.35. The van der Waals surface area contributed by atoms with E-state index in [1.54, 1.807) is 6.07 Å². The summed E-state index contributed by atoms with van der Waals surface area (Å²) in [4.78, 5) is 15.0. The predicted molar refractivity (Wildman–Crippen MR) is 81.0 cm³/mol. The number of halogens is 2. The molecular formula is C11H10Cl2N6OS. The molecule has 0 saturated heterocycles. The molecule has 0 fully saturated rings. The molecule has 3 rings (SSSR count). The molecule has 0 bridgehead atoms. The number of hydrogen-bond donors (Lipinski definition) is 3. The van der Waals surface area contributed by atoms with Crippen molar-refractivity contribution in [3.05, 3.63) is 26.9 Å². The standard InChI is InChI=1S/C11H10Cl2N6OS/c12-8-9-6(21-10(8)13)4-5(15-9)11(20)14-3-1-2-7-16-18-19-17-7/h4,15H,1-3H2,(H,14,20)(H,16,17,18,19). The number of amides is 1. The summed E-state index contributed by atoms with van der Waals surface area (Å²) >= 11 is 13.3. The van der Waals surface area contributed by atoms with Gasteiger partial charge in [0.1, 0.15) is 10.0 Å². The van der Waals surface area contributed by atoms with Crippen LogP contribution in [-0.4, -0.2) is 38.1 Å². The van der Waals surface area contributed by atoms with E-state index in [-0.39, 0.29) is 5.91 Å². The lowest BCUT2D eigenvalue weighted by atomic mass is 10.3. The molecule has 0 aliphatic rings. The van der Waals surface area contributed by atoms with Gasteiger partial charge in [0.15, 0.2) is 5.82 Å². The zero-order valence-electron chi connectivity index (χ0n) is 10.6. The molecule has 0 aromatic carbocycles. The largest absolute Gasteiger partial charge is 0.351 e. The van der Waals surface area contributed by atoms with E-state index in [1.165, 1.54) is 11.3 Å². The topological polar surface area (TPSA) is 99.3 Å². The Morgan fingerprint density at radius 3 is 3.00 bits per heavy atom. The SMILES string of the molecule is O=C(NCCCc1nn[nH]n1)c1cc2sc(Cl)c(Cl)c2[nH]1. The van der Waals surface area contributed by atoms with Gasteiger partial charge in [-0.1, -0.05) is 28.4 Å². The molecule has 0 unspecified atom stereocenters. The first kappa shape index (κ1) is 14.3. The minimum atomic E-state index is -0.182. The first-order valence-electron chi connectivity index (χ1n) is 6.12. The van der Waals surface area contributed by atoms with Crippen LogP contribution in [0.5, 0.6) is 0 Å². The number of tetrazole rings is 1. The van der Waals surface area contributed by atoms with Gasteiger partial charge in [0.2, 0.25) is 0 Å². The van der Waals surface area contributed by atoms with Gasteiger partial charge in [0.25, 0.3) is 5.91 Å². The zero-order chi connectivity index (χ0) is 14.8. The number of hydrogen-bond acceptors (Lipinski definition) is 5. The van der Waals surface area contributed by atoms with Crippen molar-refractivity contribution in [1.82, 2.24) is 30.9 Å². The lowest BCUT2D eigenvalue weighted by Gasteiger charge is -2.02. The van der Waals surface area contributed by atoms with Crippen LogP contribution in [0.25, 0.3) is 10.2 Å². The van der Waals surface area contributed by atoms with Crippen LogP contribution in [0.3, 0.4) is 0 Å². The summed E-state index contributed by atoms with van der Waals surface area (Å²) in [7, 11) is 0. The van der Waals surface area contributed by atoms with Gasteiger partial charge in [-0.05, 0) is 12.5 Å². The third-order valence-electron chi connectivity index (χ3n) is 2.87. The normalized spacial score (nSPS) is 11.1. The van der Waals surface area contributed by atoms with Gasteiger partial charge in [-0.2, -0.15) is 5.21 Å². The van der Waals surface area contributed by atoms with Crippen molar-refractivity contribution in [3.63, 3.8) is 0 Å². The Kier molecular flexibility index (Phi) is 4.09. The van der Waals surface area contributed by atoms with Gasteiger partial charge in [0.05, 0.1) is 15.2 Å². The van der Waals surface area contributed by atoms with Crippen molar-refractivity contribution in [3.8, 4) is 0 Å². The van der Waals surface area contributed by atoms with E-state index < -0.39 is 0 Å². The van der Waals surface area contributed by atoms with E-state index in [9.17, 15) is 4.79 Å². The lowest BCUT2D eigenvalue weighted by Crippen LogP contribution is -2.25. The zero-order valence-corrected chi connectivity index (χ0v) is 12.9. The first-order valence-corrected chi connectivity index (χ1v) is 7.69. The number of fused-ring (bicyclic) bond motifs is 1. The Labute approximate surface area is 133 Å². The average Bonchev–Trinajstić information content (AvgIpc) is 3.15. The van der Waals surface area contributed by atoms with Crippen molar-refractivity contribution in [2.75, 3.05) is 6.54 Å². The molecule has 1 amide bonds. The summed E-state index contributed by atoms with van der Waals surface area (Å²) in [6.45, 7) is 0.522. The monoisotopic (exact) mass is 344 g/mol. The highest BCUT2D eigenvalue weighted by Crippen LogP contribution is 2.38. The second-order valence-electron chi connectivity index (χ2n) is 4.30. The number of nitrogens with one attached hydrogen (secondary N) is 3. The van der Waals surface area contributed by atoms with Gasteiger partial charge in [-0.25, -0.2) is 0 Å². The average molecular weight is 345 g/mol. The lowest BCUT2D eigenvalue weighted by molar-refractivity contribution is 0.0949. The maximum atomic E-state index is 12.0. The number of H-pyrrole nitrogens is 2. The van der Waals surface area contributed by atoms with E-state index in [4.69, 9.17) is 23.2 Å². The number of aryl methyl sites for hydroxylation is 1. The fraction of sp³-hybridized carbons (Fsp3) is 0.273. The molecule has 3 heterocycles. The maximum absolute atomic E-state index is 12.0. The number of nitrogens with zero attached hydrogens (tertiary/aromatic N) is 3. The van der Waals surface area contributed by atoms with Crippen LogP contribution in [0.4, 0.5) is 0 Å². The minimum absolute atomic E-state index is 0.182. The quantitative estimate of drug-likeness (QED) is 0.618. The van der Waals surface area contributed by atoms with Crippen LogP contribution < -0.4 is 5.32 Å². The smallest absolute Gasteiger partial charge is 0.267 e. The Hall–Kier alpha value is -1.64. The molecule has 0 spiro atoms. The van der Waals surface area contributed by atoms with Crippen LogP contribution in [0.1, 0.15) is 22.7 Å². The van der Waals surface area contributed by atoms with Gasteiger partial charge < -0.3 is 10.3 Å². The van der Waals surface area contributed by atoms with Gasteiger partial charge >= 0.3 is 0 Å². The summed E-state index contributed by atoms with van der Waals surface area (Å²) in [6.07, 6.45) is 1.38. The Morgan fingerprint density at radius 2 is 2.29 bits per heavy atom. The Bertz CT molecular complexity index is 765. The number of aromatic nitrogens is 5. The number of carbonyl (C=O) groups is 1. The summed E-state index contributed by atoms with van der Waals surface area (Å²) in [5, 5.41) is 16.8. The number of rotatable bonds is 5. The molecule has 10 heteroatoms. The molecule has 3 aromatic rings. The van der Waals surface area contributed by atoms with Gasteiger partial charge in [-0.15, -0.1) is 21.5 Å². The summed E-state index contributed by atoms with van der Waals surface area (Å²) in [5.74, 6) is 0.449. The second kappa shape index (κ2) is 6.00. The van der Waals surface area contributed by atoms with Crippen molar-refractivity contribution >= 4 is 50.7 Å². The van der Waals surface area contributed by atoms with Crippen molar-refractivity contribution < 1.29 is 4.79 Å². The second-order valence-corrected chi connectivity index (χ2v) is 6.33. The van der Waals surface area contributed by atoms with E-state index in [2.05, 4.69) is 30.9 Å². The maximum Gasteiger partial charge on any atom is 0.267 e. The molecular weight excluding hydrogens is 335 g/mol. The molecule has 0 aliphatic heterocycles. The van der Waals surface area contributed by atoms with Crippen molar-refractivity contribution in [1.29, 1.82) is 0 Å². The molecule has 110 valence electrons. The van der Waals surface area contributed by atoms with E-state index in [0.717, 1.165) is 11.1 Å². The molecule has 3 aromatic heterocycles. The van der Waals surface area contributed by atoms with Crippen LogP contribution >= 0.6 is 34.5 Å². The highest BCUT2D eigenvalue weighted by Gasteiger charge is 2.15. The molecule has 0 aliphatic carbocycles. The van der Waals surface area contributed by atoms with Crippen molar-refractivity contribution in [2.45, 2.75) is 12.8 Å². The summed E-state index contributed by atoms with van der Waals surface area (Å²) in [5.41, 5.74) is 1.16. The highest BCUT2D eigenvalue weighted by molar-refractivity contribution is 7.23. The highest BCUT2D eigenvalue weighted by atomic mass is 35.5. The molecule has 21 heavy (non-hydrogen) atoms. The molecule has 3 N–H and O–H groups in total. The molecule has 0 saturated carbocycles. The van der Waals surface area contributed by atoms with Crippen LogP contribution in [0, 0.1) is 0 Å². The number of thiophene rings is 1. The molecule has 0 atom stereocenters. The number of aromatic amines is 2.